The van der Waals surface area contributed by atoms with Crippen molar-refractivity contribution in [3.8, 4) is 34.7 Å². The molecule has 2 heterocycles. The topological polar surface area (TPSA) is 114 Å². The number of nitriles is 1. The molecule has 4 rings (SSSR count). The average molecular weight is 457 g/mol. The number of nitrogens with zero attached hydrogens (tertiary/aromatic N) is 4. The van der Waals surface area contributed by atoms with E-state index < -0.39 is 0 Å². The Morgan fingerprint density at radius 2 is 1.62 bits per heavy atom. The monoisotopic (exact) mass is 456 g/mol. The lowest BCUT2D eigenvalue weighted by atomic mass is 10.1. The minimum Gasteiger partial charge on any atom is -0.493 e. The average Bonchev–Trinajstić information content (AvgIpc) is 2.90. The van der Waals surface area contributed by atoms with Gasteiger partial charge in [0, 0.05) is 30.2 Å². The summed E-state index contributed by atoms with van der Waals surface area (Å²) >= 11 is 0. The number of fused-ring (bicyclic) bond motifs is 1. The molecule has 9 heteroatoms. The van der Waals surface area contributed by atoms with Gasteiger partial charge >= 0.3 is 0 Å². The van der Waals surface area contributed by atoms with Crippen LogP contribution in [0, 0.1) is 11.3 Å². The van der Waals surface area contributed by atoms with Crippen LogP contribution in [0.1, 0.15) is 5.56 Å². The van der Waals surface area contributed by atoms with Crippen LogP contribution in [0.2, 0.25) is 0 Å². The third-order valence-electron chi connectivity index (χ3n) is 5.14. The van der Waals surface area contributed by atoms with Crippen LogP contribution in [0.4, 0.5) is 11.6 Å². The molecule has 0 aliphatic heterocycles. The van der Waals surface area contributed by atoms with Gasteiger partial charge in [-0.15, -0.1) is 0 Å². The lowest BCUT2D eigenvalue weighted by molar-refractivity contribution is 0.324. The maximum Gasteiger partial charge on any atom is 0.203 e. The Morgan fingerprint density at radius 1 is 0.882 bits per heavy atom. The number of rotatable bonds is 9. The summed E-state index contributed by atoms with van der Waals surface area (Å²) in [5.74, 6) is 3.51. The number of para-hydroxylation sites is 1. The summed E-state index contributed by atoms with van der Waals surface area (Å²) < 4.78 is 16.4. The van der Waals surface area contributed by atoms with Crippen molar-refractivity contribution in [2.24, 2.45) is 0 Å². The Balaban J connectivity index is 1.60. The van der Waals surface area contributed by atoms with Gasteiger partial charge in [-0.1, -0.05) is 12.1 Å². The van der Waals surface area contributed by atoms with Gasteiger partial charge in [0.05, 0.1) is 32.4 Å². The number of aromatic nitrogens is 3. The molecule has 34 heavy (non-hydrogen) atoms. The molecule has 0 aliphatic rings. The zero-order chi connectivity index (χ0) is 23.9. The zero-order valence-corrected chi connectivity index (χ0v) is 19.1. The number of nitrogens with one attached hydrogen (secondary N) is 2. The van der Waals surface area contributed by atoms with Crippen LogP contribution in [-0.4, -0.2) is 49.4 Å². The molecule has 0 saturated heterocycles. The molecule has 4 aromatic rings. The molecular formula is C25H24N6O3. The van der Waals surface area contributed by atoms with Crippen LogP contribution < -0.4 is 24.8 Å². The summed E-state index contributed by atoms with van der Waals surface area (Å²) in [6.45, 7) is 1.20. The van der Waals surface area contributed by atoms with Gasteiger partial charge in [0.25, 0.3) is 0 Å². The first kappa shape index (κ1) is 22.6. The first-order valence-electron chi connectivity index (χ1n) is 10.6. The van der Waals surface area contributed by atoms with Crippen molar-refractivity contribution in [2.45, 2.75) is 0 Å². The maximum absolute atomic E-state index is 8.89. The molecule has 172 valence electrons. The first-order chi connectivity index (χ1) is 16.7. The maximum atomic E-state index is 8.89. The fraction of sp³-hybridized carbons (Fsp3) is 0.200. The van der Waals surface area contributed by atoms with E-state index in [-0.39, 0.29) is 0 Å². The van der Waals surface area contributed by atoms with Crippen LogP contribution in [-0.2, 0) is 0 Å². The molecular weight excluding hydrogens is 432 g/mol. The van der Waals surface area contributed by atoms with Crippen LogP contribution >= 0.6 is 0 Å². The number of pyridine rings is 1. The van der Waals surface area contributed by atoms with E-state index in [4.69, 9.17) is 29.4 Å². The third-order valence-corrected chi connectivity index (χ3v) is 5.14. The lowest BCUT2D eigenvalue weighted by Gasteiger charge is -2.15. The van der Waals surface area contributed by atoms with Gasteiger partial charge in [-0.3, -0.25) is 0 Å². The number of methoxy groups -OCH3 is 3. The molecule has 0 spiro atoms. The van der Waals surface area contributed by atoms with E-state index in [0.717, 1.165) is 16.5 Å². The molecule has 0 amide bonds. The minimum absolute atomic E-state index is 0.510. The van der Waals surface area contributed by atoms with Gasteiger partial charge in [0.1, 0.15) is 17.7 Å². The molecule has 9 nitrogen and oxygen atoms in total. The molecule has 0 aliphatic carbocycles. The molecule has 0 bridgehead atoms. The van der Waals surface area contributed by atoms with E-state index in [2.05, 4.69) is 21.7 Å². The minimum atomic E-state index is 0.510. The predicted molar refractivity (Wildman–Crippen MR) is 131 cm³/mol. The SMILES string of the molecule is COc1cc(-c2nc(NCCNc3ccc(C#N)cn3)c3ccccc3n2)cc(OC)c1OC. The third kappa shape index (κ3) is 4.76. The van der Waals surface area contributed by atoms with Crippen molar-refractivity contribution in [3.63, 3.8) is 0 Å². The number of ether oxygens (including phenoxy) is 3. The molecule has 0 saturated carbocycles. The zero-order valence-electron chi connectivity index (χ0n) is 19.1. The smallest absolute Gasteiger partial charge is 0.203 e. The quantitative estimate of drug-likeness (QED) is 0.359. The predicted octanol–water partition coefficient (Wildman–Crippen LogP) is 4.11. The normalized spacial score (nSPS) is 10.4. The van der Waals surface area contributed by atoms with Crippen LogP contribution in [0.3, 0.4) is 0 Å². The van der Waals surface area contributed by atoms with Crippen molar-refractivity contribution in [1.82, 2.24) is 15.0 Å². The number of anilines is 2. The van der Waals surface area contributed by atoms with Crippen LogP contribution in [0.5, 0.6) is 17.2 Å². The number of hydrogen-bond donors (Lipinski definition) is 2. The van der Waals surface area contributed by atoms with E-state index in [1.807, 2.05) is 36.4 Å². The van der Waals surface area contributed by atoms with E-state index >= 15 is 0 Å². The van der Waals surface area contributed by atoms with E-state index in [0.29, 0.717) is 53.4 Å². The van der Waals surface area contributed by atoms with E-state index in [9.17, 15) is 0 Å². The summed E-state index contributed by atoms with van der Waals surface area (Å²) in [5.41, 5.74) is 2.07. The van der Waals surface area contributed by atoms with E-state index in [1.54, 1.807) is 33.5 Å². The van der Waals surface area contributed by atoms with Gasteiger partial charge in [-0.25, -0.2) is 15.0 Å². The molecule has 2 aromatic heterocycles. The highest BCUT2D eigenvalue weighted by Gasteiger charge is 2.17. The fourth-order valence-electron chi connectivity index (χ4n) is 3.49. The van der Waals surface area contributed by atoms with Crippen molar-refractivity contribution in [2.75, 3.05) is 45.1 Å². The highest BCUT2D eigenvalue weighted by atomic mass is 16.5. The summed E-state index contributed by atoms with van der Waals surface area (Å²) in [6.07, 6.45) is 1.54. The molecule has 0 atom stereocenters. The van der Waals surface area contributed by atoms with Gasteiger partial charge < -0.3 is 24.8 Å². The Bertz CT molecular complexity index is 1310. The Hall–Kier alpha value is -4.58. The van der Waals surface area contributed by atoms with Gasteiger partial charge in [-0.05, 0) is 36.4 Å². The van der Waals surface area contributed by atoms with Gasteiger partial charge in [0.2, 0.25) is 5.75 Å². The van der Waals surface area contributed by atoms with Crippen LogP contribution in [0.25, 0.3) is 22.3 Å². The Kier molecular flexibility index (Phi) is 6.89. The van der Waals surface area contributed by atoms with Crippen molar-refractivity contribution < 1.29 is 14.2 Å². The van der Waals surface area contributed by atoms with Crippen molar-refractivity contribution >= 4 is 22.5 Å². The number of hydrogen-bond acceptors (Lipinski definition) is 9. The molecule has 0 unspecified atom stereocenters. The summed E-state index contributed by atoms with van der Waals surface area (Å²) in [7, 11) is 4.71. The van der Waals surface area contributed by atoms with Crippen molar-refractivity contribution in [1.29, 1.82) is 5.26 Å². The number of benzene rings is 2. The first-order valence-corrected chi connectivity index (χ1v) is 10.6. The molecule has 0 radical (unpaired) electrons. The highest BCUT2D eigenvalue weighted by molar-refractivity contribution is 5.90. The molecule has 2 N–H and O–H groups in total. The standard InChI is InChI=1S/C25H24N6O3/c1-32-20-12-17(13-21(33-2)23(20)34-3)24-30-19-7-5-4-6-18(19)25(31-24)28-11-10-27-22-9-8-16(14-26)15-29-22/h4-9,12-13,15H,10-11H2,1-3H3,(H,27,29)(H,28,30,31). The van der Waals surface area contributed by atoms with Gasteiger partial charge in [-0.2, -0.15) is 5.26 Å². The molecule has 2 aromatic carbocycles. The second-order valence-corrected chi connectivity index (χ2v) is 7.22. The Morgan fingerprint density at radius 3 is 2.26 bits per heavy atom. The summed E-state index contributed by atoms with van der Waals surface area (Å²) in [4.78, 5) is 13.8. The second-order valence-electron chi connectivity index (χ2n) is 7.22. The second kappa shape index (κ2) is 10.4. The van der Waals surface area contributed by atoms with E-state index in [1.165, 1.54) is 6.20 Å². The molecule has 0 fully saturated rings. The highest BCUT2D eigenvalue weighted by Crippen LogP contribution is 2.41. The fourth-order valence-corrected chi connectivity index (χ4v) is 3.49. The van der Waals surface area contributed by atoms with Gasteiger partial charge in [0.15, 0.2) is 17.3 Å². The Labute approximate surface area is 197 Å². The largest absolute Gasteiger partial charge is 0.493 e. The van der Waals surface area contributed by atoms with Crippen molar-refractivity contribution in [3.05, 3.63) is 60.3 Å². The van der Waals surface area contributed by atoms with Crippen LogP contribution in [0.15, 0.2) is 54.7 Å². The lowest BCUT2D eigenvalue weighted by Crippen LogP contribution is -2.15. The summed E-state index contributed by atoms with van der Waals surface area (Å²) in [6, 6.07) is 17.0. The summed E-state index contributed by atoms with van der Waals surface area (Å²) in [5, 5.41) is 16.4.